The van der Waals surface area contributed by atoms with E-state index in [1.54, 1.807) is 0 Å². The lowest BCUT2D eigenvalue weighted by Crippen LogP contribution is -2.35. The van der Waals surface area contributed by atoms with E-state index in [4.69, 9.17) is 0 Å². The molecular formula is C9H16O2. The molecule has 0 radical (unpaired) electrons. The Bertz CT molecular complexity index is 188. The quantitative estimate of drug-likeness (QED) is 0.547. The zero-order valence-corrected chi connectivity index (χ0v) is 7.17. The van der Waals surface area contributed by atoms with Gasteiger partial charge < -0.3 is 10.2 Å². The minimum atomic E-state index is -0.745. The van der Waals surface area contributed by atoms with Crippen LogP contribution < -0.4 is 0 Å². The Kier molecular flexibility index (Phi) is 1.24. The molecule has 2 rings (SSSR count). The third-order valence-electron chi connectivity index (χ3n) is 3.83. The van der Waals surface area contributed by atoms with Gasteiger partial charge in [0, 0.05) is 5.41 Å². The first-order chi connectivity index (χ1) is 5.01. The summed E-state index contributed by atoms with van der Waals surface area (Å²) in [6.45, 7) is 4.10. The van der Waals surface area contributed by atoms with Gasteiger partial charge in [-0.15, -0.1) is 0 Å². The van der Waals surface area contributed by atoms with Crippen molar-refractivity contribution >= 4 is 0 Å². The molecule has 0 saturated heterocycles. The second kappa shape index (κ2) is 1.80. The van der Waals surface area contributed by atoms with E-state index in [-0.39, 0.29) is 5.41 Å². The first-order valence-corrected chi connectivity index (χ1v) is 4.41. The molecule has 2 aliphatic rings. The molecule has 0 spiro atoms. The van der Waals surface area contributed by atoms with Crippen LogP contribution in [0, 0.1) is 11.3 Å². The van der Waals surface area contributed by atoms with Crippen molar-refractivity contribution in [3.05, 3.63) is 0 Å². The maximum atomic E-state index is 9.99. The minimum Gasteiger partial charge on any atom is -0.390 e. The molecule has 64 valence electrons. The highest BCUT2D eigenvalue weighted by molar-refractivity contribution is 5.23. The molecular weight excluding hydrogens is 140 g/mol. The highest BCUT2D eigenvalue weighted by atomic mass is 16.4. The first-order valence-electron chi connectivity index (χ1n) is 4.41. The van der Waals surface area contributed by atoms with Gasteiger partial charge in [0.1, 0.15) is 0 Å². The fraction of sp³-hybridized carbons (Fsp3) is 1.00. The van der Waals surface area contributed by atoms with Crippen LogP contribution in [-0.4, -0.2) is 21.9 Å². The smallest absolute Gasteiger partial charge is 0.0993 e. The van der Waals surface area contributed by atoms with Crippen LogP contribution in [0.4, 0.5) is 0 Å². The summed E-state index contributed by atoms with van der Waals surface area (Å²) in [6, 6.07) is 0. The van der Waals surface area contributed by atoms with Crippen LogP contribution in [0.5, 0.6) is 0 Å². The highest BCUT2D eigenvalue weighted by Crippen LogP contribution is 2.67. The molecule has 0 aromatic rings. The molecule has 0 aromatic heterocycles. The van der Waals surface area contributed by atoms with E-state index in [0.29, 0.717) is 5.92 Å². The molecule has 2 heteroatoms. The number of aliphatic hydroxyl groups is 2. The number of hydrogen-bond acceptors (Lipinski definition) is 2. The van der Waals surface area contributed by atoms with Gasteiger partial charge in [0.05, 0.1) is 11.7 Å². The zero-order valence-electron chi connectivity index (χ0n) is 7.17. The summed E-state index contributed by atoms with van der Waals surface area (Å²) in [7, 11) is 0. The molecule has 2 nitrogen and oxygen atoms in total. The summed E-state index contributed by atoms with van der Waals surface area (Å²) < 4.78 is 0. The summed E-state index contributed by atoms with van der Waals surface area (Å²) in [6.07, 6.45) is 2.45. The van der Waals surface area contributed by atoms with Crippen LogP contribution in [0.1, 0.15) is 33.1 Å². The van der Waals surface area contributed by atoms with Crippen molar-refractivity contribution in [3.63, 3.8) is 0 Å². The lowest BCUT2D eigenvalue weighted by Gasteiger charge is -2.23. The van der Waals surface area contributed by atoms with Gasteiger partial charge in [0.15, 0.2) is 0 Å². The third kappa shape index (κ3) is 0.651. The fourth-order valence-corrected chi connectivity index (χ4v) is 2.86. The van der Waals surface area contributed by atoms with E-state index in [9.17, 15) is 10.2 Å². The molecule has 0 amide bonds. The van der Waals surface area contributed by atoms with Crippen molar-refractivity contribution < 1.29 is 10.2 Å². The van der Waals surface area contributed by atoms with Crippen LogP contribution in [0.2, 0.25) is 0 Å². The Hall–Kier alpha value is -0.0800. The Morgan fingerprint density at radius 3 is 2.36 bits per heavy atom. The predicted octanol–water partition coefficient (Wildman–Crippen LogP) is 0.918. The van der Waals surface area contributed by atoms with Gasteiger partial charge in [0.2, 0.25) is 0 Å². The van der Waals surface area contributed by atoms with E-state index in [2.05, 4.69) is 0 Å². The van der Waals surface area contributed by atoms with E-state index in [1.807, 2.05) is 13.8 Å². The van der Waals surface area contributed by atoms with Crippen LogP contribution in [0.15, 0.2) is 0 Å². The SMILES string of the molecule is CC1(C)[C@H]2CCC[C@@H](O)[C@]21O. The molecule has 3 atom stereocenters. The molecule has 2 N–H and O–H groups in total. The Morgan fingerprint density at radius 1 is 1.27 bits per heavy atom. The topological polar surface area (TPSA) is 40.5 Å². The standard InChI is InChI=1S/C9H16O2/c1-8(2)6-4-3-5-7(10)9(6,8)11/h6-7,10-11H,3-5H2,1-2H3/t6-,7-,9-/m1/s1. The lowest BCUT2D eigenvalue weighted by molar-refractivity contribution is -0.0457. The van der Waals surface area contributed by atoms with Gasteiger partial charge in [-0.25, -0.2) is 0 Å². The maximum Gasteiger partial charge on any atom is 0.0993 e. The predicted molar refractivity (Wildman–Crippen MR) is 42.1 cm³/mol. The van der Waals surface area contributed by atoms with Crippen molar-refractivity contribution in [1.82, 2.24) is 0 Å². The Morgan fingerprint density at radius 2 is 1.91 bits per heavy atom. The van der Waals surface area contributed by atoms with Crippen LogP contribution in [0.25, 0.3) is 0 Å². The van der Waals surface area contributed by atoms with Gasteiger partial charge >= 0.3 is 0 Å². The summed E-state index contributed by atoms with van der Waals surface area (Å²) in [5.41, 5.74) is -0.784. The molecule has 0 heterocycles. The van der Waals surface area contributed by atoms with Gasteiger partial charge in [-0.3, -0.25) is 0 Å². The lowest BCUT2D eigenvalue weighted by atomic mass is 9.94. The molecule has 2 fully saturated rings. The zero-order chi connectivity index (χ0) is 8.28. The summed E-state index contributed by atoms with van der Waals surface area (Å²) >= 11 is 0. The van der Waals surface area contributed by atoms with E-state index in [1.165, 1.54) is 0 Å². The molecule has 0 unspecified atom stereocenters. The van der Waals surface area contributed by atoms with Crippen LogP contribution in [-0.2, 0) is 0 Å². The average Bonchev–Trinajstić information content (AvgIpc) is 2.35. The Labute approximate surface area is 67.2 Å². The fourth-order valence-electron chi connectivity index (χ4n) is 2.86. The third-order valence-corrected chi connectivity index (χ3v) is 3.83. The van der Waals surface area contributed by atoms with E-state index >= 15 is 0 Å². The molecule has 0 aliphatic heterocycles. The van der Waals surface area contributed by atoms with Gasteiger partial charge in [-0.1, -0.05) is 20.3 Å². The van der Waals surface area contributed by atoms with E-state index in [0.717, 1.165) is 19.3 Å². The second-order valence-corrected chi connectivity index (χ2v) is 4.55. The van der Waals surface area contributed by atoms with Gasteiger partial charge in [-0.05, 0) is 18.8 Å². The molecule has 0 bridgehead atoms. The van der Waals surface area contributed by atoms with Gasteiger partial charge in [-0.2, -0.15) is 0 Å². The second-order valence-electron chi connectivity index (χ2n) is 4.55. The molecule has 2 saturated carbocycles. The van der Waals surface area contributed by atoms with Crippen molar-refractivity contribution in [2.24, 2.45) is 11.3 Å². The Balaban J connectivity index is 2.25. The monoisotopic (exact) mass is 156 g/mol. The van der Waals surface area contributed by atoms with Crippen molar-refractivity contribution in [2.45, 2.75) is 44.8 Å². The van der Waals surface area contributed by atoms with Crippen molar-refractivity contribution in [3.8, 4) is 0 Å². The van der Waals surface area contributed by atoms with Crippen LogP contribution >= 0.6 is 0 Å². The summed E-state index contributed by atoms with van der Waals surface area (Å²) in [5.74, 6) is 0.346. The molecule has 2 aliphatic carbocycles. The number of rotatable bonds is 0. The first kappa shape index (κ1) is 7.56. The highest BCUT2D eigenvalue weighted by Gasteiger charge is 2.74. The number of aliphatic hydroxyl groups excluding tert-OH is 1. The van der Waals surface area contributed by atoms with Crippen molar-refractivity contribution in [1.29, 1.82) is 0 Å². The maximum absolute atomic E-state index is 9.99. The van der Waals surface area contributed by atoms with Crippen LogP contribution in [0.3, 0.4) is 0 Å². The number of fused-ring (bicyclic) bond motifs is 1. The van der Waals surface area contributed by atoms with E-state index < -0.39 is 11.7 Å². The summed E-state index contributed by atoms with van der Waals surface area (Å²) in [4.78, 5) is 0. The van der Waals surface area contributed by atoms with Gasteiger partial charge in [0.25, 0.3) is 0 Å². The molecule has 11 heavy (non-hydrogen) atoms. The molecule has 0 aromatic carbocycles. The average molecular weight is 156 g/mol. The van der Waals surface area contributed by atoms with Crippen molar-refractivity contribution in [2.75, 3.05) is 0 Å². The largest absolute Gasteiger partial charge is 0.390 e. The number of hydrogen-bond donors (Lipinski definition) is 2. The summed E-state index contributed by atoms with van der Waals surface area (Å²) in [5, 5.41) is 19.6. The minimum absolute atomic E-state index is 0.0388. The normalized spacial score (nSPS) is 53.5.